The van der Waals surface area contributed by atoms with Crippen LogP contribution < -0.4 is 0 Å². The highest BCUT2D eigenvalue weighted by atomic mass is 19.4. The smallest absolute Gasteiger partial charge is 0.212 e. The van der Waals surface area contributed by atoms with E-state index >= 15 is 0 Å². The van der Waals surface area contributed by atoms with Crippen molar-refractivity contribution < 1.29 is 17.6 Å². The predicted octanol–water partition coefficient (Wildman–Crippen LogP) is 3.90. The highest BCUT2D eigenvalue weighted by molar-refractivity contribution is 5.35. The van der Waals surface area contributed by atoms with Gasteiger partial charge in [0.15, 0.2) is 0 Å². The second-order valence-corrected chi connectivity index (χ2v) is 2.96. The molecule has 0 aliphatic heterocycles. The van der Waals surface area contributed by atoms with Gasteiger partial charge in [-0.15, -0.1) is 0 Å². The van der Waals surface area contributed by atoms with Crippen LogP contribution in [-0.4, -0.2) is 6.18 Å². The van der Waals surface area contributed by atoms with Gasteiger partial charge in [0.1, 0.15) is 5.83 Å². The van der Waals surface area contributed by atoms with Crippen molar-refractivity contribution in [1.29, 1.82) is 0 Å². The van der Waals surface area contributed by atoms with Gasteiger partial charge in [-0.2, -0.15) is 13.2 Å². The molecule has 74 valence electrons. The Bertz CT molecular complexity index is 257. The van der Waals surface area contributed by atoms with Crippen LogP contribution in [0.4, 0.5) is 17.6 Å². The lowest BCUT2D eigenvalue weighted by molar-refractivity contribution is -0.0897. The van der Waals surface area contributed by atoms with E-state index in [-0.39, 0.29) is 12.8 Å². The Labute approximate surface area is 73.9 Å². The summed E-state index contributed by atoms with van der Waals surface area (Å²) in [7, 11) is 0. The molecule has 0 saturated carbocycles. The first-order chi connectivity index (χ1) is 5.95. The van der Waals surface area contributed by atoms with Crippen LogP contribution in [0.25, 0.3) is 0 Å². The Morgan fingerprint density at radius 3 is 2.38 bits per heavy atom. The first-order valence-electron chi connectivity index (χ1n) is 4.10. The molecule has 0 aromatic heterocycles. The molecule has 0 N–H and O–H groups in total. The minimum atomic E-state index is -4.41. The molecule has 1 aliphatic rings. The van der Waals surface area contributed by atoms with Gasteiger partial charge in [0.05, 0.1) is 5.57 Å². The molecule has 0 radical (unpaired) electrons. The van der Waals surface area contributed by atoms with E-state index in [1.54, 1.807) is 6.92 Å². The topological polar surface area (TPSA) is 0 Å². The summed E-state index contributed by atoms with van der Waals surface area (Å²) < 4.78 is 49.4. The van der Waals surface area contributed by atoms with Crippen molar-refractivity contribution in [3.63, 3.8) is 0 Å². The zero-order valence-corrected chi connectivity index (χ0v) is 7.21. The van der Waals surface area contributed by atoms with Crippen LogP contribution in [0.1, 0.15) is 26.2 Å². The van der Waals surface area contributed by atoms with E-state index in [4.69, 9.17) is 0 Å². The number of rotatable bonds is 1. The Morgan fingerprint density at radius 1 is 1.31 bits per heavy atom. The molecule has 4 heteroatoms. The molecular formula is C9H10F4. The third-order valence-electron chi connectivity index (χ3n) is 2.08. The summed E-state index contributed by atoms with van der Waals surface area (Å²) in [6.07, 6.45) is -3.18. The van der Waals surface area contributed by atoms with Gasteiger partial charge in [0.2, 0.25) is 0 Å². The van der Waals surface area contributed by atoms with E-state index in [0.29, 0.717) is 18.1 Å². The highest BCUT2D eigenvalue weighted by Gasteiger charge is 2.35. The molecule has 0 bridgehead atoms. The molecular weight excluding hydrogens is 184 g/mol. The van der Waals surface area contributed by atoms with Crippen LogP contribution >= 0.6 is 0 Å². The predicted molar refractivity (Wildman–Crippen MR) is 41.8 cm³/mol. The van der Waals surface area contributed by atoms with Crippen molar-refractivity contribution in [2.24, 2.45) is 0 Å². The maximum absolute atomic E-state index is 12.6. The van der Waals surface area contributed by atoms with Crippen LogP contribution in [0.2, 0.25) is 0 Å². The minimum Gasteiger partial charge on any atom is -0.212 e. The minimum absolute atomic E-state index is 0.1000. The fourth-order valence-electron chi connectivity index (χ4n) is 1.39. The number of hydrogen-bond donors (Lipinski definition) is 0. The molecule has 13 heavy (non-hydrogen) atoms. The summed E-state index contributed by atoms with van der Waals surface area (Å²) in [6.45, 7) is 1.65. The van der Waals surface area contributed by atoms with Gasteiger partial charge in [0.25, 0.3) is 0 Å². The van der Waals surface area contributed by atoms with E-state index in [9.17, 15) is 17.6 Å². The van der Waals surface area contributed by atoms with Crippen molar-refractivity contribution in [3.8, 4) is 0 Å². The maximum atomic E-state index is 12.6. The van der Waals surface area contributed by atoms with Gasteiger partial charge in [-0.1, -0.05) is 12.5 Å². The van der Waals surface area contributed by atoms with Crippen molar-refractivity contribution in [2.75, 3.05) is 0 Å². The molecule has 0 nitrogen and oxygen atoms in total. The average Bonchev–Trinajstić information content (AvgIpc) is 2.03. The standard InChI is InChI=1S/C9H10F4/c1-2-6-3-4-7(10)5-8(6)9(11,12)13/h5H,2-4H2,1H3. The molecule has 1 rings (SSSR count). The molecule has 0 unspecified atom stereocenters. The molecule has 0 heterocycles. The van der Waals surface area contributed by atoms with Gasteiger partial charge < -0.3 is 0 Å². The second kappa shape index (κ2) is 3.52. The molecule has 0 spiro atoms. The summed E-state index contributed by atoms with van der Waals surface area (Å²) in [6, 6.07) is 0. The molecule has 0 fully saturated rings. The largest absolute Gasteiger partial charge is 0.416 e. The summed E-state index contributed by atoms with van der Waals surface area (Å²) in [4.78, 5) is 0. The molecule has 0 atom stereocenters. The quantitative estimate of drug-likeness (QED) is 0.555. The Morgan fingerprint density at radius 2 is 1.92 bits per heavy atom. The third kappa shape index (κ3) is 2.32. The van der Waals surface area contributed by atoms with Crippen molar-refractivity contribution >= 4 is 0 Å². The van der Waals surface area contributed by atoms with Crippen molar-refractivity contribution in [1.82, 2.24) is 0 Å². The molecule has 0 amide bonds. The van der Waals surface area contributed by atoms with Gasteiger partial charge in [-0.3, -0.25) is 0 Å². The van der Waals surface area contributed by atoms with Crippen LogP contribution in [0.3, 0.4) is 0 Å². The van der Waals surface area contributed by atoms with Crippen LogP contribution in [0.15, 0.2) is 23.0 Å². The highest BCUT2D eigenvalue weighted by Crippen LogP contribution is 2.36. The lowest BCUT2D eigenvalue weighted by Crippen LogP contribution is -2.15. The Hall–Kier alpha value is -0.800. The van der Waals surface area contributed by atoms with Gasteiger partial charge in [0, 0.05) is 6.42 Å². The van der Waals surface area contributed by atoms with E-state index in [1.165, 1.54) is 0 Å². The lowest BCUT2D eigenvalue weighted by Gasteiger charge is -2.18. The lowest BCUT2D eigenvalue weighted by atomic mass is 9.95. The zero-order valence-electron chi connectivity index (χ0n) is 7.21. The van der Waals surface area contributed by atoms with Crippen LogP contribution in [-0.2, 0) is 0 Å². The van der Waals surface area contributed by atoms with E-state index in [0.717, 1.165) is 0 Å². The van der Waals surface area contributed by atoms with Crippen molar-refractivity contribution in [2.45, 2.75) is 32.4 Å². The second-order valence-electron chi connectivity index (χ2n) is 2.96. The fourth-order valence-corrected chi connectivity index (χ4v) is 1.39. The monoisotopic (exact) mass is 194 g/mol. The normalized spacial score (nSPS) is 19.0. The number of hydrogen-bond acceptors (Lipinski definition) is 0. The van der Waals surface area contributed by atoms with Crippen LogP contribution in [0, 0.1) is 0 Å². The fraction of sp³-hybridized carbons (Fsp3) is 0.556. The summed E-state index contributed by atoms with van der Waals surface area (Å²) in [5.74, 6) is -0.676. The Kier molecular flexibility index (Phi) is 2.78. The maximum Gasteiger partial charge on any atom is 0.416 e. The molecule has 0 aromatic carbocycles. The van der Waals surface area contributed by atoms with E-state index in [1.807, 2.05) is 0 Å². The first-order valence-corrected chi connectivity index (χ1v) is 4.10. The van der Waals surface area contributed by atoms with Crippen LogP contribution in [0.5, 0.6) is 0 Å². The van der Waals surface area contributed by atoms with E-state index < -0.39 is 17.6 Å². The SMILES string of the molecule is CCC1=C(C(F)(F)F)C=C(F)CC1. The molecule has 0 aromatic rings. The van der Waals surface area contributed by atoms with Gasteiger partial charge >= 0.3 is 6.18 Å². The summed E-state index contributed by atoms with van der Waals surface area (Å²) in [5.41, 5.74) is -0.493. The summed E-state index contributed by atoms with van der Waals surface area (Å²) in [5, 5.41) is 0. The molecule has 1 aliphatic carbocycles. The Balaban J connectivity index is 3.06. The number of allylic oxidation sites excluding steroid dienone is 4. The zero-order chi connectivity index (χ0) is 10.1. The summed E-state index contributed by atoms with van der Waals surface area (Å²) >= 11 is 0. The van der Waals surface area contributed by atoms with Gasteiger partial charge in [-0.05, 0) is 18.9 Å². The van der Waals surface area contributed by atoms with E-state index in [2.05, 4.69) is 0 Å². The molecule has 0 saturated heterocycles. The first kappa shape index (κ1) is 10.3. The van der Waals surface area contributed by atoms with Gasteiger partial charge in [-0.25, -0.2) is 4.39 Å². The number of halogens is 4. The number of alkyl halides is 3. The van der Waals surface area contributed by atoms with Crippen molar-refractivity contribution in [3.05, 3.63) is 23.0 Å². The average molecular weight is 194 g/mol. The third-order valence-corrected chi connectivity index (χ3v) is 2.08.